The van der Waals surface area contributed by atoms with Gasteiger partial charge in [-0.3, -0.25) is 0 Å². The van der Waals surface area contributed by atoms with Crippen LogP contribution in [0.1, 0.15) is 18.4 Å². The van der Waals surface area contributed by atoms with Crippen LogP contribution in [0.3, 0.4) is 0 Å². The van der Waals surface area contributed by atoms with Gasteiger partial charge in [0.15, 0.2) is 0 Å². The molecule has 3 aromatic rings. The van der Waals surface area contributed by atoms with Crippen LogP contribution in [0.25, 0.3) is 11.3 Å². The molecule has 0 spiro atoms. The first-order valence-electron chi connectivity index (χ1n) is 11.5. The third-order valence-corrected chi connectivity index (χ3v) is 6.36. The Kier molecular flexibility index (Phi) is 7.11. The van der Waals surface area contributed by atoms with Crippen LogP contribution in [0.4, 0.5) is 8.78 Å². The molecule has 1 aliphatic carbocycles. The highest BCUT2D eigenvalue weighted by atomic mass is 35.5. The third kappa shape index (κ3) is 5.72. The number of rotatable bonds is 8. The minimum atomic E-state index is -0.457. The van der Waals surface area contributed by atoms with Crippen LogP contribution in [-0.2, 0) is 11.3 Å². The van der Waals surface area contributed by atoms with Gasteiger partial charge in [0.25, 0.3) is 0 Å². The Morgan fingerprint density at radius 1 is 1.00 bits per heavy atom. The molecular weight excluding hydrogens is 472 g/mol. The Bertz CT molecular complexity index is 1260. The quantitative estimate of drug-likeness (QED) is 0.340. The lowest BCUT2D eigenvalue weighted by atomic mass is 9.89. The second-order valence-electron chi connectivity index (χ2n) is 8.56. The summed E-state index contributed by atoms with van der Waals surface area (Å²) in [5.41, 5.74) is 1.07. The first kappa shape index (κ1) is 23.5. The van der Waals surface area contributed by atoms with Crippen LogP contribution in [0, 0.1) is 17.6 Å². The zero-order valence-electron chi connectivity index (χ0n) is 18.9. The molecule has 1 aliphatic heterocycles. The van der Waals surface area contributed by atoms with Crippen molar-refractivity contribution in [3.05, 3.63) is 101 Å². The number of aromatic nitrogens is 1. The standard InChI is InChI=1S/C28H24ClF2NO3/c29-20-9-8-19(24(30)15-20)17-34-28-7-3-5-26(32-28)23-11-10-22(16-25(23)31)35-27-6-2-1-4-18(27)14-21-12-13-33-21/h1-11,15-16,18,21,27H,12-14,17H2/t18-,21?,27?/m1/s1. The first-order chi connectivity index (χ1) is 17.0. The van der Waals surface area contributed by atoms with Crippen molar-refractivity contribution in [2.24, 2.45) is 5.92 Å². The fourth-order valence-electron chi connectivity index (χ4n) is 4.12. The minimum absolute atomic E-state index is 0.0227. The molecule has 7 heteroatoms. The zero-order chi connectivity index (χ0) is 24.2. The van der Waals surface area contributed by atoms with Gasteiger partial charge in [-0.1, -0.05) is 42.0 Å². The summed E-state index contributed by atoms with van der Waals surface area (Å²) >= 11 is 5.79. The lowest BCUT2D eigenvalue weighted by Crippen LogP contribution is -2.34. The van der Waals surface area contributed by atoms with Crippen molar-refractivity contribution in [3.8, 4) is 22.9 Å². The number of halogens is 3. The Hall–Kier alpha value is -3.22. The van der Waals surface area contributed by atoms with Gasteiger partial charge in [-0.05, 0) is 49.2 Å². The van der Waals surface area contributed by atoms with Gasteiger partial charge < -0.3 is 14.2 Å². The Morgan fingerprint density at radius 2 is 1.86 bits per heavy atom. The zero-order valence-corrected chi connectivity index (χ0v) is 19.6. The molecule has 0 N–H and O–H groups in total. The molecular formula is C28H24ClF2NO3. The van der Waals surface area contributed by atoms with Crippen molar-refractivity contribution >= 4 is 11.6 Å². The smallest absolute Gasteiger partial charge is 0.214 e. The summed E-state index contributed by atoms with van der Waals surface area (Å²) in [5, 5.41) is 0.313. The van der Waals surface area contributed by atoms with Gasteiger partial charge in [0.2, 0.25) is 5.88 Å². The van der Waals surface area contributed by atoms with Crippen molar-refractivity contribution < 1.29 is 23.0 Å². The van der Waals surface area contributed by atoms with E-state index in [2.05, 4.69) is 11.1 Å². The summed E-state index contributed by atoms with van der Waals surface area (Å²) in [6.45, 7) is 0.790. The summed E-state index contributed by atoms with van der Waals surface area (Å²) < 4.78 is 46.4. The Labute approximate surface area is 207 Å². The van der Waals surface area contributed by atoms with Crippen LogP contribution < -0.4 is 9.47 Å². The second-order valence-corrected chi connectivity index (χ2v) is 9.00. The first-order valence-corrected chi connectivity index (χ1v) is 11.9. The molecule has 2 heterocycles. The molecule has 0 saturated carbocycles. The number of nitrogens with zero attached hydrogens (tertiary/aromatic N) is 1. The van der Waals surface area contributed by atoms with Crippen LogP contribution in [0.15, 0.2) is 78.9 Å². The largest absolute Gasteiger partial charge is 0.486 e. The predicted molar refractivity (Wildman–Crippen MR) is 131 cm³/mol. The van der Waals surface area contributed by atoms with E-state index in [0.29, 0.717) is 27.6 Å². The molecule has 0 radical (unpaired) electrons. The number of benzene rings is 2. The highest BCUT2D eigenvalue weighted by molar-refractivity contribution is 6.30. The summed E-state index contributed by atoms with van der Waals surface area (Å²) in [6.07, 6.45) is 10.1. The summed E-state index contributed by atoms with van der Waals surface area (Å²) in [4.78, 5) is 4.39. The van der Waals surface area contributed by atoms with E-state index in [-0.39, 0.29) is 30.6 Å². The van der Waals surface area contributed by atoms with Crippen molar-refractivity contribution in [1.82, 2.24) is 4.98 Å². The van der Waals surface area contributed by atoms with Crippen LogP contribution in [0.5, 0.6) is 11.6 Å². The normalized spacial score (nSPS) is 20.9. The van der Waals surface area contributed by atoms with E-state index in [4.69, 9.17) is 25.8 Å². The summed E-state index contributed by atoms with van der Waals surface area (Å²) in [6, 6.07) is 14.2. The van der Waals surface area contributed by atoms with Gasteiger partial charge in [0, 0.05) is 40.8 Å². The molecule has 2 aliphatic rings. The van der Waals surface area contributed by atoms with Gasteiger partial charge in [-0.15, -0.1) is 0 Å². The summed E-state index contributed by atoms with van der Waals surface area (Å²) in [5.74, 6) is -0.0294. The maximum atomic E-state index is 15.1. The molecule has 2 aromatic carbocycles. The van der Waals surface area contributed by atoms with Crippen molar-refractivity contribution in [1.29, 1.82) is 0 Å². The van der Waals surface area contributed by atoms with Crippen LogP contribution in [-0.4, -0.2) is 23.8 Å². The van der Waals surface area contributed by atoms with Gasteiger partial charge in [0.05, 0.1) is 11.8 Å². The molecule has 3 atom stereocenters. The maximum Gasteiger partial charge on any atom is 0.214 e. The van der Waals surface area contributed by atoms with E-state index in [1.165, 1.54) is 12.1 Å². The molecule has 4 nitrogen and oxygen atoms in total. The van der Waals surface area contributed by atoms with E-state index in [0.717, 1.165) is 19.4 Å². The Morgan fingerprint density at radius 3 is 2.63 bits per heavy atom. The number of hydrogen-bond donors (Lipinski definition) is 0. The third-order valence-electron chi connectivity index (χ3n) is 6.12. The van der Waals surface area contributed by atoms with Crippen LogP contribution >= 0.6 is 11.6 Å². The average Bonchev–Trinajstić information content (AvgIpc) is 2.82. The minimum Gasteiger partial charge on any atom is -0.486 e. The van der Waals surface area contributed by atoms with Gasteiger partial charge in [0.1, 0.15) is 30.1 Å². The van der Waals surface area contributed by atoms with Gasteiger partial charge in [-0.2, -0.15) is 0 Å². The molecule has 2 unspecified atom stereocenters. The molecule has 0 bridgehead atoms. The number of allylic oxidation sites excluding steroid dienone is 2. The van der Waals surface area contributed by atoms with Crippen molar-refractivity contribution in [2.75, 3.05) is 6.61 Å². The SMILES string of the molecule is Fc1cc(Cl)ccc1COc1cccc(-c2ccc(OC3C=CC=C[C@@H]3CC3CCO3)cc2F)n1. The van der Waals surface area contributed by atoms with Crippen LogP contribution in [0.2, 0.25) is 5.02 Å². The second kappa shape index (κ2) is 10.6. The van der Waals surface area contributed by atoms with E-state index >= 15 is 4.39 Å². The summed E-state index contributed by atoms with van der Waals surface area (Å²) in [7, 11) is 0. The molecule has 1 saturated heterocycles. The monoisotopic (exact) mass is 495 g/mol. The van der Waals surface area contributed by atoms with Crippen molar-refractivity contribution in [2.45, 2.75) is 31.7 Å². The van der Waals surface area contributed by atoms with E-state index in [1.54, 1.807) is 42.5 Å². The molecule has 35 heavy (non-hydrogen) atoms. The number of pyridine rings is 1. The highest BCUT2D eigenvalue weighted by Crippen LogP contribution is 2.31. The Balaban J connectivity index is 1.26. The predicted octanol–water partition coefficient (Wildman–Crippen LogP) is 6.93. The molecule has 5 rings (SSSR count). The van der Waals surface area contributed by atoms with Crippen molar-refractivity contribution in [3.63, 3.8) is 0 Å². The molecule has 1 fully saturated rings. The fourth-order valence-corrected chi connectivity index (χ4v) is 4.27. The fraction of sp³-hybridized carbons (Fsp3) is 0.250. The van der Waals surface area contributed by atoms with Gasteiger partial charge in [-0.25, -0.2) is 13.8 Å². The maximum absolute atomic E-state index is 15.1. The lowest BCUT2D eigenvalue weighted by Gasteiger charge is -2.32. The number of hydrogen-bond acceptors (Lipinski definition) is 4. The van der Waals surface area contributed by atoms with E-state index in [9.17, 15) is 4.39 Å². The lowest BCUT2D eigenvalue weighted by molar-refractivity contribution is -0.0646. The number of ether oxygens (including phenoxy) is 3. The van der Waals surface area contributed by atoms with E-state index < -0.39 is 11.6 Å². The average molecular weight is 496 g/mol. The van der Waals surface area contributed by atoms with E-state index in [1.807, 2.05) is 18.2 Å². The molecule has 180 valence electrons. The topological polar surface area (TPSA) is 40.6 Å². The molecule has 0 amide bonds. The molecule has 1 aromatic heterocycles. The van der Waals surface area contributed by atoms with Gasteiger partial charge >= 0.3 is 0 Å². The highest BCUT2D eigenvalue weighted by Gasteiger charge is 2.28.